The van der Waals surface area contributed by atoms with Crippen molar-refractivity contribution in [3.05, 3.63) is 35.3 Å². The lowest BCUT2D eigenvalue weighted by atomic mass is 9.92. The van der Waals surface area contributed by atoms with Gasteiger partial charge < -0.3 is 9.88 Å². The van der Waals surface area contributed by atoms with E-state index in [-0.39, 0.29) is 5.82 Å². The van der Waals surface area contributed by atoms with Crippen molar-refractivity contribution in [2.24, 2.45) is 7.05 Å². The maximum atomic E-state index is 13.4. The monoisotopic (exact) mass is 246 g/mol. The Bertz CT molecular complexity index is 580. The number of halogens is 1. The maximum absolute atomic E-state index is 13.4. The molecule has 3 heteroatoms. The van der Waals surface area contributed by atoms with Gasteiger partial charge in [-0.2, -0.15) is 0 Å². The molecule has 0 radical (unpaired) electrons. The highest BCUT2D eigenvalue weighted by Gasteiger charge is 2.22. The molecule has 18 heavy (non-hydrogen) atoms. The smallest absolute Gasteiger partial charge is 0.125 e. The highest BCUT2D eigenvalue weighted by Crippen LogP contribution is 2.34. The molecule has 2 aromatic rings. The van der Waals surface area contributed by atoms with E-state index in [1.54, 1.807) is 12.1 Å². The molecule has 1 N–H and O–H groups in total. The van der Waals surface area contributed by atoms with Crippen LogP contribution in [0.25, 0.3) is 10.9 Å². The van der Waals surface area contributed by atoms with Gasteiger partial charge in [-0.05, 0) is 56.6 Å². The zero-order valence-electron chi connectivity index (χ0n) is 11.0. The average Bonchev–Trinajstić information content (AvgIpc) is 2.63. The first kappa shape index (κ1) is 11.7. The summed E-state index contributed by atoms with van der Waals surface area (Å²) in [5, 5.41) is 4.58. The molecule has 2 nitrogen and oxygen atoms in total. The molecule has 3 rings (SSSR count). The number of fused-ring (bicyclic) bond motifs is 1. The predicted octanol–water partition coefficient (Wildman–Crippen LogP) is 3.09. The Balaban J connectivity index is 2.16. The first-order chi connectivity index (χ1) is 8.68. The van der Waals surface area contributed by atoms with Crippen LogP contribution < -0.4 is 5.32 Å². The van der Waals surface area contributed by atoms with E-state index in [1.165, 1.54) is 29.5 Å². The largest absolute Gasteiger partial charge is 0.347 e. The second-order valence-electron chi connectivity index (χ2n) is 5.26. The number of benzene rings is 1. The molecule has 1 fully saturated rings. The van der Waals surface area contributed by atoms with Crippen LogP contribution in [0.4, 0.5) is 4.39 Å². The Morgan fingerprint density at radius 1 is 1.28 bits per heavy atom. The molecule has 2 heterocycles. The van der Waals surface area contributed by atoms with E-state index in [2.05, 4.69) is 23.9 Å². The van der Waals surface area contributed by atoms with Gasteiger partial charge >= 0.3 is 0 Å². The fourth-order valence-corrected chi connectivity index (χ4v) is 3.29. The molecule has 0 spiro atoms. The van der Waals surface area contributed by atoms with Crippen LogP contribution in [0.5, 0.6) is 0 Å². The minimum absolute atomic E-state index is 0.153. The van der Waals surface area contributed by atoms with Crippen LogP contribution in [0.15, 0.2) is 18.2 Å². The third kappa shape index (κ3) is 1.74. The molecule has 0 atom stereocenters. The van der Waals surface area contributed by atoms with Crippen molar-refractivity contribution >= 4 is 10.9 Å². The lowest BCUT2D eigenvalue weighted by Gasteiger charge is -2.24. The Hall–Kier alpha value is -1.35. The maximum Gasteiger partial charge on any atom is 0.125 e. The lowest BCUT2D eigenvalue weighted by Crippen LogP contribution is -2.27. The summed E-state index contributed by atoms with van der Waals surface area (Å²) in [6.07, 6.45) is 2.35. The van der Waals surface area contributed by atoms with E-state index in [9.17, 15) is 4.39 Å². The molecule has 1 saturated heterocycles. The first-order valence-corrected chi connectivity index (χ1v) is 6.63. The van der Waals surface area contributed by atoms with Gasteiger partial charge in [-0.15, -0.1) is 0 Å². The van der Waals surface area contributed by atoms with E-state index < -0.39 is 0 Å². The fourth-order valence-electron chi connectivity index (χ4n) is 3.29. The van der Waals surface area contributed by atoms with Crippen LogP contribution in [0, 0.1) is 12.7 Å². The second-order valence-corrected chi connectivity index (χ2v) is 5.26. The van der Waals surface area contributed by atoms with Gasteiger partial charge in [0.15, 0.2) is 0 Å². The summed E-state index contributed by atoms with van der Waals surface area (Å²) in [5.41, 5.74) is 3.72. The van der Waals surface area contributed by atoms with Crippen LogP contribution >= 0.6 is 0 Å². The molecule has 0 amide bonds. The van der Waals surface area contributed by atoms with Gasteiger partial charge in [0.2, 0.25) is 0 Å². The van der Waals surface area contributed by atoms with Crippen molar-refractivity contribution in [1.82, 2.24) is 9.88 Å². The summed E-state index contributed by atoms with van der Waals surface area (Å²) in [4.78, 5) is 0. The molecule has 1 aromatic carbocycles. The number of piperidine rings is 1. The number of nitrogens with zero attached hydrogens (tertiary/aromatic N) is 1. The van der Waals surface area contributed by atoms with E-state index in [4.69, 9.17) is 0 Å². The minimum atomic E-state index is -0.153. The van der Waals surface area contributed by atoms with Crippen molar-refractivity contribution in [1.29, 1.82) is 0 Å². The summed E-state index contributed by atoms with van der Waals surface area (Å²) in [5.74, 6) is 0.451. The van der Waals surface area contributed by atoms with Crippen LogP contribution in [0.1, 0.15) is 30.0 Å². The summed E-state index contributed by atoms with van der Waals surface area (Å²) in [6, 6.07) is 5.11. The van der Waals surface area contributed by atoms with Gasteiger partial charge in [0.25, 0.3) is 0 Å². The predicted molar refractivity (Wildman–Crippen MR) is 72.5 cm³/mol. The van der Waals surface area contributed by atoms with Gasteiger partial charge in [-0.1, -0.05) is 0 Å². The summed E-state index contributed by atoms with van der Waals surface area (Å²) >= 11 is 0. The molecule has 1 aliphatic heterocycles. The molecule has 1 aromatic heterocycles. The van der Waals surface area contributed by atoms with E-state index in [1.807, 2.05) is 6.07 Å². The van der Waals surface area contributed by atoms with Gasteiger partial charge in [-0.3, -0.25) is 0 Å². The average molecular weight is 246 g/mol. The molecule has 0 unspecified atom stereocenters. The second kappa shape index (κ2) is 4.39. The van der Waals surface area contributed by atoms with Crippen molar-refractivity contribution in [2.45, 2.75) is 25.7 Å². The van der Waals surface area contributed by atoms with Crippen LogP contribution in [-0.4, -0.2) is 17.7 Å². The Labute approximate surface area is 107 Å². The molecule has 0 saturated carbocycles. The zero-order valence-corrected chi connectivity index (χ0v) is 11.0. The molecule has 0 aliphatic carbocycles. The molecular formula is C15H19FN2. The molecular weight excluding hydrogens is 227 g/mol. The number of nitrogens with one attached hydrogen (secondary N) is 1. The van der Waals surface area contributed by atoms with Gasteiger partial charge in [0.1, 0.15) is 5.82 Å². The molecule has 0 bridgehead atoms. The first-order valence-electron chi connectivity index (χ1n) is 6.63. The minimum Gasteiger partial charge on any atom is -0.347 e. The molecule has 96 valence electrons. The number of aryl methyl sites for hydroxylation is 2. The van der Waals surface area contributed by atoms with Crippen LogP contribution in [0.2, 0.25) is 0 Å². The van der Waals surface area contributed by atoms with Crippen LogP contribution in [0.3, 0.4) is 0 Å². The highest BCUT2D eigenvalue weighted by atomic mass is 19.1. The molecule has 1 aliphatic rings. The quantitative estimate of drug-likeness (QED) is 0.818. The fraction of sp³-hybridized carbons (Fsp3) is 0.467. The van der Waals surface area contributed by atoms with Crippen LogP contribution in [-0.2, 0) is 7.05 Å². The van der Waals surface area contributed by atoms with E-state index >= 15 is 0 Å². The van der Waals surface area contributed by atoms with Crippen molar-refractivity contribution in [3.63, 3.8) is 0 Å². The normalized spacial score (nSPS) is 17.5. The summed E-state index contributed by atoms with van der Waals surface area (Å²) in [7, 11) is 2.06. The Morgan fingerprint density at radius 2 is 2.00 bits per heavy atom. The third-order valence-corrected chi connectivity index (χ3v) is 4.20. The van der Waals surface area contributed by atoms with Gasteiger partial charge in [0.05, 0.1) is 5.52 Å². The van der Waals surface area contributed by atoms with Gasteiger partial charge in [-0.25, -0.2) is 4.39 Å². The summed E-state index contributed by atoms with van der Waals surface area (Å²) < 4.78 is 15.6. The Morgan fingerprint density at radius 3 is 2.72 bits per heavy atom. The standard InChI is InChI=1S/C15H19FN2/c1-10-13-4-3-12(16)9-14(13)18(2)15(10)11-5-7-17-8-6-11/h3-4,9,11,17H,5-8H2,1-2H3. The number of rotatable bonds is 1. The zero-order chi connectivity index (χ0) is 12.7. The van der Waals surface area contributed by atoms with Crippen molar-refractivity contribution in [3.8, 4) is 0 Å². The highest BCUT2D eigenvalue weighted by molar-refractivity contribution is 5.85. The lowest BCUT2D eigenvalue weighted by molar-refractivity contribution is 0.445. The third-order valence-electron chi connectivity index (χ3n) is 4.20. The van der Waals surface area contributed by atoms with E-state index in [0.29, 0.717) is 5.92 Å². The summed E-state index contributed by atoms with van der Waals surface area (Å²) in [6.45, 7) is 4.33. The van der Waals surface area contributed by atoms with Crippen molar-refractivity contribution < 1.29 is 4.39 Å². The number of hydrogen-bond donors (Lipinski definition) is 1. The topological polar surface area (TPSA) is 17.0 Å². The Kier molecular flexibility index (Phi) is 2.86. The van der Waals surface area contributed by atoms with Gasteiger partial charge in [0, 0.05) is 24.0 Å². The number of aromatic nitrogens is 1. The van der Waals surface area contributed by atoms with E-state index in [0.717, 1.165) is 18.6 Å². The number of hydrogen-bond acceptors (Lipinski definition) is 1. The SMILES string of the molecule is Cc1c(C2CCNCC2)n(C)c2cc(F)ccc12. The van der Waals surface area contributed by atoms with Crippen molar-refractivity contribution in [2.75, 3.05) is 13.1 Å².